The molecule has 0 atom stereocenters. The van der Waals surface area contributed by atoms with Gasteiger partial charge in [0.05, 0.1) is 12.8 Å². The van der Waals surface area contributed by atoms with E-state index < -0.39 is 11.6 Å². The second kappa shape index (κ2) is 8.56. The van der Waals surface area contributed by atoms with Gasteiger partial charge in [0.2, 0.25) is 5.95 Å². The van der Waals surface area contributed by atoms with Crippen molar-refractivity contribution >= 4 is 23.5 Å². The molecule has 0 aliphatic carbocycles. The van der Waals surface area contributed by atoms with Gasteiger partial charge in [0.15, 0.2) is 17.5 Å². The number of nitrogens with zero attached hydrogens (tertiary/aromatic N) is 4. The summed E-state index contributed by atoms with van der Waals surface area (Å²) in [6.07, 6.45) is 2.68. The first-order chi connectivity index (χ1) is 13.0. The first-order valence-corrected chi connectivity index (χ1v) is 8.65. The lowest BCUT2D eigenvalue weighted by atomic mass is 10.1. The van der Waals surface area contributed by atoms with Crippen molar-refractivity contribution in [3.63, 3.8) is 0 Å². The number of hydrogen-bond acceptors (Lipinski definition) is 7. The van der Waals surface area contributed by atoms with Gasteiger partial charge in [-0.1, -0.05) is 0 Å². The van der Waals surface area contributed by atoms with Gasteiger partial charge in [-0.3, -0.25) is 0 Å². The van der Waals surface area contributed by atoms with Crippen LogP contribution in [0.5, 0.6) is 0 Å². The van der Waals surface area contributed by atoms with Crippen LogP contribution in [0.3, 0.4) is 0 Å². The number of carbonyl (C=O) groups is 1. The first kappa shape index (κ1) is 18.7. The summed E-state index contributed by atoms with van der Waals surface area (Å²) in [5.74, 6) is -1.22. The molecule has 144 valence electrons. The average Bonchev–Trinajstić information content (AvgIpc) is 2.66. The smallest absolute Gasteiger partial charge is 0.409 e. The largest absolute Gasteiger partial charge is 0.450 e. The third-order valence-corrected chi connectivity index (χ3v) is 4.11. The van der Waals surface area contributed by atoms with Crippen LogP contribution >= 0.6 is 0 Å². The van der Waals surface area contributed by atoms with Crippen LogP contribution in [0.4, 0.5) is 31.0 Å². The predicted octanol–water partition coefficient (Wildman–Crippen LogP) is 2.93. The van der Waals surface area contributed by atoms with E-state index in [0.29, 0.717) is 31.2 Å². The van der Waals surface area contributed by atoms with E-state index in [9.17, 15) is 13.6 Å². The summed E-state index contributed by atoms with van der Waals surface area (Å²) in [6.45, 7) is 3.32. The zero-order valence-corrected chi connectivity index (χ0v) is 14.8. The molecule has 10 heteroatoms. The van der Waals surface area contributed by atoms with Gasteiger partial charge in [-0.05, 0) is 31.9 Å². The van der Waals surface area contributed by atoms with Crippen molar-refractivity contribution in [1.29, 1.82) is 0 Å². The Bertz CT molecular complexity index is 799. The Hall–Kier alpha value is -3.04. The van der Waals surface area contributed by atoms with Crippen molar-refractivity contribution in [2.45, 2.75) is 25.8 Å². The van der Waals surface area contributed by atoms with Gasteiger partial charge in [-0.25, -0.2) is 13.6 Å². The lowest BCUT2D eigenvalue weighted by molar-refractivity contribution is 0.0983. The fourth-order valence-corrected chi connectivity index (χ4v) is 2.76. The van der Waals surface area contributed by atoms with E-state index in [2.05, 4.69) is 25.8 Å². The van der Waals surface area contributed by atoms with Crippen molar-refractivity contribution in [3.05, 3.63) is 36.0 Å². The molecule has 0 spiro atoms. The van der Waals surface area contributed by atoms with Crippen LogP contribution in [0, 0.1) is 11.6 Å². The predicted molar refractivity (Wildman–Crippen MR) is 94.7 cm³/mol. The monoisotopic (exact) mass is 378 g/mol. The van der Waals surface area contributed by atoms with Crippen LogP contribution in [0.1, 0.15) is 19.8 Å². The van der Waals surface area contributed by atoms with Crippen molar-refractivity contribution in [1.82, 2.24) is 20.1 Å². The summed E-state index contributed by atoms with van der Waals surface area (Å²) in [5, 5.41) is 13.7. The number of rotatable bonds is 5. The molecule has 27 heavy (non-hydrogen) atoms. The topological polar surface area (TPSA) is 92.3 Å². The number of nitrogens with one attached hydrogen (secondary N) is 2. The van der Waals surface area contributed by atoms with Crippen LogP contribution in [0.15, 0.2) is 24.4 Å². The number of benzene rings is 1. The van der Waals surface area contributed by atoms with Crippen LogP contribution in [-0.2, 0) is 4.74 Å². The number of ether oxygens (including phenoxy) is 1. The molecular formula is C17H20F2N6O2. The molecule has 8 nitrogen and oxygen atoms in total. The van der Waals surface area contributed by atoms with Gasteiger partial charge in [0, 0.05) is 30.9 Å². The van der Waals surface area contributed by atoms with Gasteiger partial charge < -0.3 is 20.3 Å². The Morgan fingerprint density at radius 3 is 2.78 bits per heavy atom. The molecule has 0 radical (unpaired) electrons. The quantitative estimate of drug-likeness (QED) is 0.826. The van der Waals surface area contributed by atoms with Crippen LogP contribution < -0.4 is 10.6 Å². The zero-order valence-electron chi connectivity index (χ0n) is 14.8. The third-order valence-electron chi connectivity index (χ3n) is 4.11. The highest BCUT2D eigenvalue weighted by Gasteiger charge is 2.23. The molecule has 0 bridgehead atoms. The van der Waals surface area contributed by atoms with Crippen LogP contribution in [-0.4, -0.2) is 51.9 Å². The van der Waals surface area contributed by atoms with E-state index in [1.807, 2.05) is 0 Å². The highest BCUT2D eigenvalue weighted by atomic mass is 19.2. The van der Waals surface area contributed by atoms with Crippen LogP contribution in [0.25, 0.3) is 0 Å². The second-order valence-corrected chi connectivity index (χ2v) is 6.02. The van der Waals surface area contributed by atoms with Crippen molar-refractivity contribution < 1.29 is 18.3 Å². The highest BCUT2D eigenvalue weighted by Crippen LogP contribution is 2.19. The molecule has 1 aliphatic heterocycles. The minimum absolute atomic E-state index is 0.128. The Morgan fingerprint density at radius 2 is 2.07 bits per heavy atom. The molecule has 1 aliphatic rings. The molecule has 1 amide bonds. The summed E-state index contributed by atoms with van der Waals surface area (Å²) in [4.78, 5) is 17.7. The fraction of sp³-hybridized carbons (Fsp3) is 0.412. The lowest BCUT2D eigenvalue weighted by Gasteiger charge is -2.31. The summed E-state index contributed by atoms with van der Waals surface area (Å²) < 4.78 is 31.3. The molecule has 2 N–H and O–H groups in total. The normalized spacial score (nSPS) is 14.7. The Morgan fingerprint density at radius 1 is 1.30 bits per heavy atom. The number of likely N-dealkylation sites (tertiary alicyclic amines) is 1. The third kappa shape index (κ3) is 4.99. The molecule has 1 aromatic heterocycles. The van der Waals surface area contributed by atoms with Crippen LogP contribution in [0.2, 0.25) is 0 Å². The molecule has 0 unspecified atom stereocenters. The van der Waals surface area contributed by atoms with E-state index in [-0.39, 0.29) is 18.1 Å². The number of piperidine rings is 1. The fourth-order valence-electron chi connectivity index (χ4n) is 2.76. The molecule has 3 rings (SSSR count). The molecule has 2 heterocycles. The van der Waals surface area contributed by atoms with Gasteiger partial charge in [-0.15, -0.1) is 5.10 Å². The Kier molecular flexibility index (Phi) is 5.94. The number of aromatic nitrogens is 3. The summed E-state index contributed by atoms with van der Waals surface area (Å²) in [6, 6.07) is 3.55. The summed E-state index contributed by atoms with van der Waals surface area (Å²) in [5.41, 5.74) is 0.315. The van der Waals surface area contributed by atoms with E-state index in [4.69, 9.17) is 4.74 Å². The zero-order chi connectivity index (χ0) is 19.2. The molecule has 0 saturated carbocycles. The maximum atomic E-state index is 13.3. The standard InChI is InChI=1S/C17H20F2N6O2/c1-2-27-17(26)25-7-5-11(6-8-25)21-15-10-20-24-16(23-15)22-12-3-4-13(18)14(19)9-12/h3-4,9-11H,2,5-8H2,1H3,(H2,21,22,23,24). The maximum absolute atomic E-state index is 13.3. The number of anilines is 3. The molecule has 1 saturated heterocycles. The summed E-state index contributed by atoms with van der Waals surface area (Å²) in [7, 11) is 0. The van der Waals surface area contributed by atoms with Crippen molar-refractivity contribution in [2.75, 3.05) is 30.3 Å². The minimum atomic E-state index is -0.962. The van der Waals surface area contributed by atoms with E-state index in [1.54, 1.807) is 11.8 Å². The number of hydrogen-bond donors (Lipinski definition) is 2. The number of amides is 1. The van der Waals surface area contributed by atoms with E-state index in [0.717, 1.165) is 25.0 Å². The molecular weight excluding hydrogens is 358 g/mol. The SMILES string of the molecule is CCOC(=O)N1CCC(Nc2cnnc(Nc3ccc(F)c(F)c3)n2)CC1. The summed E-state index contributed by atoms with van der Waals surface area (Å²) >= 11 is 0. The first-order valence-electron chi connectivity index (χ1n) is 8.65. The average molecular weight is 378 g/mol. The number of carbonyl (C=O) groups excluding carboxylic acids is 1. The van der Waals surface area contributed by atoms with Gasteiger partial charge in [0.1, 0.15) is 0 Å². The molecule has 1 fully saturated rings. The van der Waals surface area contributed by atoms with Crippen molar-refractivity contribution in [2.24, 2.45) is 0 Å². The van der Waals surface area contributed by atoms with Crippen molar-refractivity contribution in [3.8, 4) is 0 Å². The Balaban J connectivity index is 1.56. The second-order valence-electron chi connectivity index (χ2n) is 6.02. The molecule has 2 aromatic rings. The highest BCUT2D eigenvalue weighted by molar-refractivity contribution is 5.67. The molecule has 1 aromatic carbocycles. The minimum Gasteiger partial charge on any atom is -0.450 e. The van der Waals surface area contributed by atoms with E-state index >= 15 is 0 Å². The number of halogens is 2. The van der Waals surface area contributed by atoms with Gasteiger partial charge >= 0.3 is 6.09 Å². The lowest BCUT2D eigenvalue weighted by Crippen LogP contribution is -2.42. The Labute approximate surface area is 154 Å². The maximum Gasteiger partial charge on any atom is 0.409 e. The van der Waals surface area contributed by atoms with Gasteiger partial charge in [0.25, 0.3) is 0 Å². The van der Waals surface area contributed by atoms with Gasteiger partial charge in [-0.2, -0.15) is 10.1 Å². The van der Waals surface area contributed by atoms with E-state index in [1.165, 1.54) is 12.3 Å².